The highest BCUT2D eigenvalue weighted by atomic mass is 32.2. The first-order chi connectivity index (χ1) is 9.38. The average Bonchev–Trinajstić information content (AvgIpc) is 2.56. The fourth-order valence-electron chi connectivity index (χ4n) is 2.93. The van der Waals surface area contributed by atoms with Crippen molar-refractivity contribution < 1.29 is 8.42 Å². The topological polar surface area (TPSA) is 72.2 Å². The van der Waals surface area contributed by atoms with E-state index in [0.29, 0.717) is 11.6 Å². The highest BCUT2D eigenvalue weighted by Gasteiger charge is 2.18. The maximum atomic E-state index is 11.5. The summed E-state index contributed by atoms with van der Waals surface area (Å²) in [4.78, 5) is 0.212. The van der Waals surface area contributed by atoms with Crippen molar-refractivity contribution >= 4 is 15.7 Å². The maximum absolute atomic E-state index is 11.5. The van der Waals surface area contributed by atoms with E-state index in [4.69, 9.17) is 5.14 Å². The fraction of sp³-hybridized carbons (Fsp3) is 0.600. The van der Waals surface area contributed by atoms with Crippen molar-refractivity contribution in [2.45, 2.75) is 56.9 Å². The first-order valence-corrected chi connectivity index (χ1v) is 8.81. The highest BCUT2D eigenvalue weighted by Crippen LogP contribution is 2.28. The van der Waals surface area contributed by atoms with Gasteiger partial charge in [0.1, 0.15) is 0 Å². The molecule has 5 heteroatoms. The van der Waals surface area contributed by atoms with Crippen molar-refractivity contribution in [3.8, 4) is 0 Å². The standard InChI is InChI=1S/C15H24N2O2S/c1-11-5-3-6-13(10-9-11)17-14-7-4-8-15(12(14)2)20(16,18)19/h4,7-8,11,13,17H,3,5-6,9-10H2,1-2H3,(H2,16,18,19). The lowest BCUT2D eigenvalue weighted by atomic mass is 10.0. The van der Waals surface area contributed by atoms with Gasteiger partial charge < -0.3 is 5.32 Å². The maximum Gasteiger partial charge on any atom is 0.238 e. The van der Waals surface area contributed by atoms with Crippen molar-refractivity contribution in [1.29, 1.82) is 0 Å². The number of nitrogens with two attached hydrogens (primary N) is 1. The number of nitrogens with one attached hydrogen (secondary N) is 1. The van der Waals surface area contributed by atoms with Crippen molar-refractivity contribution in [3.63, 3.8) is 0 Å². The van der Waals surface area contributed by atoms with Crippen LogP contribution in [0.25, 0.3) is 0 Å². The number of benzene rings is 1. The molecule has 0 spiro atoms. The van der Waals surface area contributed by atoms with Gasteiger partial charge >= 0.3 is 0 Å². The van der Waals surface area contributed by atoms with Gasteiger partial charge in [-0.15, -0.1) is 0 Å². The number of primary sulfonamides is 1. The zero-order valence-electron chi connectivity index (χ0n) is 12.2. The second-order valence-electron chi connectivity index (χ2n) is 5.93. The van der Waals surface area contributed by atoms with Gasteiger partial charge in [-0.05, 0) is 49.8 Å². The summed E-state index contributed by atoms with van der Waals surface area (Å²) in [7, 11) is -3.65. The van der Waals surface area contributed by atoms with E-state index in [1.807, 2.05) is 6.07 Å². The van der Waals surface area contributed by atoms with Gasteiger partial charge in [0, 0.05) is 11.7 Å². The molecule has 1 aromatic carbocycles. The van der Waals surface area contributed by atoms with Crippen molar-refractivity contribution in [1.82, 2.24) is 0 Å². The number of sulfonamides is 1. The minimum Gasteiger partial charge on any atom is -0.382 e. The molecule has 2 rings (SSSR count). The molecule has 0 aromatic heterocycles. The summed E-state index contributed by atoms with van der Waals surface area (Å²) in [5, 5.41) is 8.75. The lowest BCUT2D eigenvalue weighted by molar-refractivity contribution is 0.502. The summed E-state index contributed by atoms with van der Waals surface area (Å²) in [6, 6.07) is 5.66. The SMILES string of the molecule is Cc1c(NC2CCCC(C)CC2)cccc1S(N)(=O)=O. The predicted octanol–water partition coefficient (Wildman–Crippen LogP) is 3.02. The summed E-state index contributed by atoms with van der Waals surface area (Å²) in [6.07, 6.45) is 6.02. The lowest BCUT2D eigenvalue weighted by Gasteiger charge is -2.20. The van der Waals surface area contributed by atoms with Gasteiger partial charge in [-0.1, -0.05) is 25.8 Å². The summed E-state index contributed by atoms with van der Waals surface area (Å²) >= 11 is 0. The zero-order valence-corrected chi connectivity index (χ0v) is 13.0. The largest absolute Gasteiger partial charge is 0.382 e. The third-order valence-corrected chi connectivity index (χ3v) is 5.26. The van der Waals surface area contributed by atoms with Crippen molar-refractivity contribution in [2.75, 3.05) is 5.32 Å². The van der Waals surface area contributed by atoms with Gasteiger partial charge in [0.2, 0.25) is 10.0 Å². The first-order valence-electron chi connectivity index (χ1n) is 7.27. The van der Waals surface area contributed by atoms with E-state index in [9.17, 15) is 8.42 Å². The highest BCUT2D eigenvalue weighted by molar-refractivity contribution is 7.89. The van der Waals surface area contributed by atoms with E-state index in [1.165, 1.54) is 19.3 Å². The smallest absolute Gasteiger partial charge is 0.238 e. The molecule has 0 saturated heterocycles. The second-order valence-corrected chi connectivity index (χ2v) is 7.46. The van der Waals surface area contributed by atoms with E-state index in [2.05, 4.69) is 12.2 Å². The van der Waals surface area contributed by atoms with Gasteiger partial charge in [0.15, 0.2) is 0 Å². The molecular formula is C15H24N2O2S. The normalized spacial score (nSPS) is 24.1. The molecule has 20 heavy (non-hydrogen) atoms. The van der Waals surface area contributed by atoms with Crippen LogP contribution in [0.4, 0.5) is 5.69 Å². The third-order valence-electron chi connectivity index (χ3n) is 4.21. The number of rotatable bonds is 3. The van der Waals surface area contributed by atoms with Crippen molar-refractivity contribution in [2.24, 2.45) is 11.1 Å². The quantitative estimate of drug-likeness (QED) is 0.842. The number of hydrogen-bond acceptors (Lipinski definition) is 3. The van der Waals surface area contributed by atoms with Crippen LogP contribution in [0.1, 0.15) is 44.6 Å². The van der Waals surface area contributed by atoms with Crippen LogP contribution in [0, 0.1) is 12.8 Å². The monoisotopic (exact) mass is 296 g/mol. The average molecular weight is 296 g/mol. The third kappa shape index (κ3) is 3.73. The Morgan fingerprint density at radius 3 is 2.65 bits per heavy atom. The van der Waals surface area contributed by atoms with Crippen LogP contribution in [-0.4, -0.2) is 14.5 Å². The molecule has 1 fully saturated rings. The molecule has 1 aromatic rings. The number of anilines is 1. The minimum atomic E-state index is -3.65. The van der Waals surface area contributed by atoms with E-state index in [-0.39, 0.29) is 4.90 Å². The van der Waals surface area contributed by atoms with E-state index < -0.39 is 10.0 Å². The second kappa shape index (κ2) is 6.14. The Hall–Kier alpha value is -1.07. The molecule has 0 aliphatic heterocycles. The predicted molar refractivity (Wildman–Crippen MR) is 82.2 cm³/mol. The van der Waals surface area contributed by atoms with E-state index in [0.717, 1.165) is 24.4 Å². The van der Waals surface area contributed by atoms with Crippen LogP contribution in [0.5, 0.6) is 0 Å². The van der Waals surface area contributed by atoms with Gasteiger partial charge in [-0.2, -0.15) is 0 Å². The number of hydrogen-bond donors (Lipinski definition) is 2. The van der Waals surface area contributed by atoms with Crippen LogP contribution in [0.15, 0.2) is 23.1 Å². The molecule has 3 N–H and O–H groups in total. The van der Waals surface area contributed by atoms with Crippen molar-refractivity contribution in [3.05, 3.63) is 23.8 Å². The summed E-state index contributed by atoms with van der Waals surface area (Å²) in [5.74, 6) is 0.790. The first kappa shape index (κ1) is 15.3. The van der Waals surface area contributed by atoms with Crippen LogP contribution >= 0.6 is 0 Å². The lowest BCUT2D eigenvalue weighted by Crippen LogP contribution is -2.20. The molecule has 1 aliphatic rings. The fourth-order valence-corrected chi connectivity index (χ4v) is 3.74. The minimum absolute atomic E-state index is 0.212. The summed E-state index contributed by atoms with van der Waals surface area (Å²) in [5.41, 5.74) is 1.60. The van der Waals surface area contributed by atoms with E-state index >= 15 is 0 Å². The van der Waals surface area contributed by atoms with Gasteiger partial charge in [-0.25, -0.2) is 13.6 Å². The molecule has 0 amide bonds. The summed E-state index contributed by atoms with van der Waals surface area (Å²) < 4.78 is 23.1. The van der Waals surface area contributed by atoms with Crippen LogP contribution in [0.3, 0.4) is 0 Å². The van der Waals surface area contributed by atoms with E-state index in [1.54, 1.807) is 19.1 Å². The molecule has 1 aliphatic carbocycles. The Morgan fingerprint density at radius 1 is 1.20 bits per heavy atom. The molecule has 1 saturated carbocycles. The Kier molecular flexibility index (Phi) is 4.70. The molecular weight excluding hydrogens is 272 g/mol. The van der Waals surface area contributed by atoms with Crippen LogP contribution < -0.4 is 10.5 Å². The molecule has 112 valence electrons. The molecule has 4 nitrogen and oxygen atoms in total. The molecule has 0 bridgehead atoms. The molecule has 2 unspecified atom stereocenters. The molecule has 0 radical (unpaired) electrons. The van der Waals surface area contributed by atoms with Gasteiger partial charge in [0.25, 0.3) is 0 Å². The Bertz CT molecular complexity index is 569. The van der Waals surface area contributed by atoms with Gasteiger partial charge in [-0.3, -0.25) is 0 Å². The Balaban J connectivity index is 2.17. The van der Waals surface area contributed by atoms with Gasteiger partial charge in [0.05, 0.1) is 4.90 Å². The Labute approximate surface area is 121 Å². The zero-order chi connectivity index (χ0) is 14.8. The van der Waals surface area contributed by atoms with Crippen LogP contribution in [-0.2, 0) is 10.0 Å². The molecule has 2 atom stereocenters. The summed E-state index contributed by atoms with van der Waals surface area (Å²) in [6.45, 7) is 4.11. The molecule has 0 heterocycles. The Morgan fingerprint density at radius 2 is 1.95 bits per heavy atom. The van der Waals surface area contributed by atoms with Crippen LogP contribution in [0.2, 0.25) is 0 Å².